The van der Waals surface area contributed by atoms with Crippen LogP contribution >= 0.6 is 7.92 Å². The lowest BCUT2D eigenvalue weighted by atomic mass is 10.0. The molecule has 0 aromatic heterocycles. The fourth-order valence-electron chi connectivity index (χ4n) is 4.15. The lowest BCUT2D eigenvalue weighted by Crippen LogP contribution is -2.23. The second-order valence-corrected chi connectivity index (χ2v) is 10.4. The maximum atomic E-state index is 2.37. The lowest BCUT2D eigenvalue weighted by molar-refractivity contribution is 0.565. The van der Waals surface area contributed by atoms with Crippen molar-refractivity contribution in [2.75, 3.05) is 0 Å². The maximum absolute atomic E-state index is 2.37. The van der Waals surface area contributed by atoms with Gasteiger partial charge in [-0.25, -0.2) is 0 Å². The van der Waals surface area contributed by atoms with Gasteiger partial charge in [0.05, 0.1) is 0 Å². The van der Waals surface area contributed by atoms with Crippen LogP contribution < -0.4 is 15.9 Å². The molecule has 3 aromatic carbocycles. The van der Waals surface area contributed by atoms with Crippen LogP contribution in [0.1, 0.15) is 70.3 Å². The van der Waals surface area contributed by atoms with E-state index in [0.717, 1.165) is 0 Å². The summed E-state index contributed by atoms with van der Waals surface area (Å²) in [6.45, 7) is 2.29. The lowest BCUT2D eigenvalue weighted by Gasteiger charge is -2.22. The topological polar surface area (TPSA) is 0 Å². The molecule has 0 fully saturated rings. The molecule has 1 heteroatoms. The highest BCUT2D eigenvalue weighted by Gasteiger charge is 2.18. The van der Waals surface area contributed by atoms with Gasteiger partial charge in [-0.15, -0.1) is 0 Å². The minimum Gasteiger partial charge on any atom is -0.0654 e. The Hall–Kier alpha value is -1.91. The summed E-state index contributed by atoms with van der Waals surface area (Å²) in [6.07, 6.45) is 13.7. The standard InChI is InChI=1S/C29H37P/c1-2-3-4-5-6-7-8-9-12-19-26-20-17-18-25-29(26)30(27-21-13-10-14-22-27)28-23-15-11-16-24-28/h10-11,13-18,20-25H,2-9,12,19H2,1H3. The molecular formula is C29H37P. The van der Waals surface area contributed by atoms with Crippen LogP contribution in [0.5, 0.6) is 0 Å². The van der Waals surface area contributed by atoms with E-state index in [2.05, 4.69) is 91.9 Å². The molecule has 158 valence electrons. The third-order valence-corrected chi connectivity index (χ3v) is 8.36. The van der Waals surface area contributed by atoms with Gasteiger partial charge in [-0.3, -0.25) is 0 Å². The molecule has 0 saturated heterocycles. The summed E-state index contributed by atoms with van der Waals surface area (Å²) < 4.78 is 0. The number of aryl methyl sites for hydroxylation is 1. The third kappa shape index (κ3) is 7.10. The smallest absolute Gasteiger partial charge is 0.0119 e. The van der Waals surface area contributed by atoms with Gasteiger partial charge in [0.2, 0.25) is 0 Å². The largest absolute Gasteiger partial charge is 0.0654 e. The average molecular weight is 417 g/mol. The summed E-state index contributed by atoms with van der Waals surface area (Å²) in [5.74, 6) is 0. The van der Waals surface area contributed by atoms with E-state index in [0.29, 0.717) is 0 Å². The number of benzene rings is 3. The quantitative estimate of drug-likeness (QED) is 0.200. The van der Waals surface area contributed by atoms with Crippen molar-refractivity contribution in [1.82, 2.24) is 0 Å². The van der Waals surface area contributed by atoms with Gasteiger partial charge < -0.3 is 0 Å². The highest BCUT2D eigenvalue weighted by molar-refractivity contribution is 7.79. The molecule has 0 bridgehead atoms. The number of rotatable bonds is 13. The fourth-order valence-corrected chi connectivity index (χ4v) is 6.65. The van der Waals surface area contributed by atoms with Crippen molar-refractivity contribution < 1.29 is 0 Å². The van der Waals surface area contributed by atoms with Crippen LogP contribution in [-0.4, -0.2) is 0 Å². The van der Waals surface area contributed by atoms with Crippen molar-refractivity contribution in [2.24, 2.45) is 0 Å². The van der Waals surface area contributed by atoms with Gasteiger partial charge in [0.1, 0.15) is 0 Å². The van der Waals surface area contributed by atoms with Crippen LogP contribution in [-0.2, 0) is 6.42 Å². The minimum atomic E-state index is -0.503. The first-order valence-corrected chi connectivity index (χ1v) is 13.2. The Bertz CT molecular complexity index is 786. The van der Waals surface area contributed by atoms with Crippen molar-refractivity contribution >= 4 is 23.8 Å². The number of unbranched alkanes of at least 4 members (excludes halogenated alkanes) is 8. The van der Waals surface area contributed by atoms with Crippen LogP contribution in [0.15, 0.2) is 84.9 Å². The maximum Gasteiger partial charge on any atom is -0.0119 e. The molecule has 3 aromatic rings. The van der Waals surface area contributed by atoms with Crippen LogP contribution in [0, 0.1) is 0 Å². The van der Waals surface area contributed by atoms with Crippen LogP contribution in [0.4, 0.5) is 0 Å². The van der Waals surface area contributed by atoms with Gasteiger partial charge in [-0.2, -0.15) is 0 Å². The summed E-state index contributed by atoms with van der Waals surface area (Å²) in [7, 11) is -0.503. The van der Waals surface area contributed by atoms with E-state index in [-0.39, 0.29) is 0 Å². The summed E-state index contributed by atoms with van der Waals surface area (Å²) in [5, 5.41) is 4.42. The zero-order valence-electron chi connectivity index (χ0n) is 18.6. The van der Waals surface area contributed by atoms with Gasteiger partial charge >= 0.3 is 0 Å². The summed E-state index contributed by atoms with van der Waals surface area (Å²) in [6, 6.07) is 31.3. The SMILES string of the molecule is CCCCCCCCCCCc1ccccc1P(c1ccccc1)c1ccccc1. The van der Waals surface area contributed by atoms with Crippen LogP contribution in [0.2, 0.25) is 0 Å². The predicted molar refractivity (Wildman–Crippen MR) is 136 cm³/mol. The van der Waals surface area contributed by atoms with E-state index < -0.39 is 7.92 Å². The summed E-state index contributed by atoms with van der Waals surface area (Å²) >= 11 is 0. The van der Waals surface area contributed by atoms with E-state index in [4.69, 9.17) is 0 Å². The Labute approximate surface area is 185 Å². The molecule has 0 N–H and O–H groups in total. The summed E-state index contributed by atoms with van der Waals surface area (Å²) in [5.41, 5.74) is 1.54. The van der Waals surface area contributed by atoms with Crippen LogP contribution in [0.25, 0.3) is 0 Å². The molecule has 0 nitrogen and oxygen atoms in total. The first-order valence-electron chi connectivity index (χ1n) is 11.9. The highest BCUT2D eigenvalue weighted by Crippen LogP contribution is 2.34. The second-order valence-electron chi connectivity index (χ2n) is 8.21. The normalized spacial score (nSPS) is 11.1. The molecule has 0 aliphatic carbocycles. The molecule has 0 radical (unpaired) electrons. The molecule has 30 heavy (non-hydrogen) atoms. The Kier molecular flexibility index (Phi) is 10.2. The predicted octanol–water partition coefficient (Wildman–Crippen LogP) is 7.52. The van der Waals surface area contributed by atoms with Crippen molar-refractivity contribution in [1.29, 1.82) is 0 Å². The van der Waals surface area contributed by atoms with Crippen molar-refractivity contribution in [2.45, 2.75) is 71.1 Å². The zero-order valence-corrected chi connectivity index (χ0v) is 19.5. The molecule has 0 aliphatic heterocycles. The zero-order chi connectivity index (χ0) is 20.9. The molecule has 0 heterocycles. The Morgan fingerprint density at radius 3 is 1.53 bits per heavy atom. The number of hydrogen-bond donors (Lipinski definition) is 0. The number of hydrogen-bond acceptors (Lipinski definition) is 0. The van der Waals surface area contributed by atoms with E-state index in [1.165, 1.54) is 80.1 Å². The van der Waals surface area contributed by atoms with Gasteiger partial charge in [0.15, 0.2) is 0 Å². The van der Waals surface area contributed by atoms with Gasteiger partial charge in [-0.1, -0.05) is 143 Å². The first kappa shape index (κ1) is 22.8. The van der Waals surface area contributed by atoms with E-state index in [1.54, 1.807) is 5.56 Å². The molecular weight excluding hydrogens is 379 g/mol. The Balaban J connectivity index is 1.64. The average Bonchev–Trinajstić information content (AvgIpc) is 2.80. The van der Waals surface area contributed by atoms with Gasteiger partial charge in [0, 0.05) is 0 Å². The highest BCUT2D eigenvalue weighted by atomic mass is 31.1. The molecule has 0 atom stereocenters. The Morgan fingerprint density at radius 1 is 0.500 bits per heavy atom. The molecule has 0 aliphatic rings. The monoisotopic (exact) mass is 416 g/mol. The van der Waals surface area contributed by atoms with Crippen LogP contribution in [0.3, 0.4) is 0 Å². The second kappa shape index (κ2) is 13.4. The third-order valence-electron chi connectivity index (χ3n) is 5.81. The molecule has 0 unspecified atom stereocenters. The van der Waals surface area contributed by atoms with Crippen molar-refractivity contribution in [3.63, 3.8) is 0 Å². The van der Waals surface area contributed by atoms with E-state index in [9.17, 15) is 0 Å². The first-order chi connectivity index (χ1) is 14.9. The van der Waals surface area contributed by atoms with Gasteiger partial charge in [0.25, 0.3) is 0 Å². The molecule has 3 rings (SSSR count). The molecule has 0 spiro atoms. The molecule has 0 amide bonds. The van der Waals surface area contributed by atoms with E-state index >= 15 is 0 Å². The minimum absolute atomic E-state index is 0.503. The van der Waals surface area contributed by atoms with E-state index in [1.807, 2.05) is 0 Å². The van der Waals surface area contributed by atoms with Gasteiger partial charge in [-0.05, 0) is 42.2 Å². The van der Waals surface area contributed by atoms with Crippen molar-refractivity contribution in [3.05, 3.63) is 90.5 Å². The summed E-state index contributed by atoms with van der Waals surface area (Å²) in [4.78, 5) is 0. The Morgan fingerprint density at radius 2 is 0.967 bits per heavy atom. The molecule has 0 saturated carbocycles. The van der Waals surface area contributed by atoms with Crippen molar-refractivity contribution in [3.8, 4) is 0 Å². The fraction of sp³-hybridized carbons (Fsp3) is 0.379.